The summed E-state index contributed by atoms with van der Waals surface area (Å²) in [6, 6.07) is 6.04. The number of hydrogen-bond donors (Lipinski definition) is 2. The third kappa shape index (κ3) is 4.50. The molecule has 9 rings (SSSR count). The molecule has 240 valence electrons. The first-order chi connectivity index (χ1) is 22.8. The van der Waals surface area contributed by atoms with Gasteiger partial charge < -0.3 is 20.1 Å². The number of benzene rings is 2. The molecule has 4 saturated heterocycles. The predicted molar refractivity (Wildman–Crippen MR) is 176 cm³/mol. The number of fused-ring (bicyclic) bond motifs is 5. The zero-order valence-corrected chi connectivity index (χ0v) is 26.2. The van der Waals surface area contributed by atoms with E-state index < -0.39 is 11.6 Å². The maximum atomic E-state index is 17.0. The van der Waals surface area contributed by atoms with E-state index in [-0.39, 0.29) is 45.2 Å². The van der Waals surface area contributed by atoms with Gasteiger partial charge in [0.05, 0.1) is 16.5 Å². The molecule has 6 heterocycles. The van der Waals surface area contributed by atoms with E-state index in [4.69, 9.17) is 16.1 Å². The Hall–Kier alpha value is -4.33. The van der Waals surface area contributed by atoms with Crippen molar-refractivity contribution in [3.8, 4) is 35.4 Å². The fraction of sp³-hybridized carbons (Fsp3) is 0.432. The molecule has 4 aromatic rings. The number of pyridine rings is 1. The molecule has 8 nitrogen and oxygen atoms in total. The molecule has 0 unspecified atom stereocenters. The van der Waals surface area contributed by atoms with Crippen LogP contribution < -0.4 is 15.0 Å². The van der Waals surface area contributed by atoms with Crippen LogP contribution in [0, 0.1) is 29.9 Å². The van der Waals surface area contributed by atoms with Crippen LogP contribution in [-0.4, -0.2) is 74.9 Å². The summed E-state index contributed by atoms with van der Waals surface area (Å²) in [5.74, 6) is 2.21. The van der Waals surface area contributed by atoms with Gasteiger partial charge in [-0.25, -0.2) is 8.78 Å². The number of rotatable bonds is 6. The van der Waals surface area contributed by atoms with E-state index in [0.717, 1.165) is 58.3 Å². The Bertz CT molecular complexity index is 2040. The van der Waals surface area contributed by atoms with E-state index in [2.05, 4.69) is 37.6 Å². The SMILES string of the molecule is C#Cc1c(F)ccc2cc(O)cc(-c3ncc4c(N5C[C@@H]6CC[C@](C7CC7)(C5)N6)nc(OC[C@@]56CCCN5CC(=C)C6)nc4c3F)c12. The van der Waals surface area contributed by atoms with Crippen molar-refractivity contribution < 1.29 is 18.6 Å². The summed E-state index contributed by atoms with van der Waals surface area (Å²) in [5, 5.41) is 15.8. The molecule has 1 saturated carbocycles. The molecule has 2 N–H and O–H groups in total. The minimum Gasteiger partial charge on any atom is -0.508 e. The number of piperazine rings is 1. The Labute approximate surface area is 271 Å². The van der Waals surface area contributed by atoms with Crippen LogP contribution in [0.15, 0.2) is 42.6 Å². The summed E-state index contributed by atoms with van der Waals surface area (Å²) in [7, 11) is 0. The van der Waals surface area contributed by atoms with Crippen molar-refractivity contribution in [3.05, 3.63) is 59.8 Å². The number of terminal acetylenes is 1. The number of hydrogen-bond acceptors (Lipinski definition) is 8. The standard InChI is InChI=1S/C37H36F2N6O2/c1-3-26-29(38)8-5-22-13-25(46)14-27(30(22)26)32-31(39)33-28(16-40-32)34(44-18-24-9-11-37(19-44,43-24)23-6-7-23)42-35(41-33)47-20-36-10-4-12-45(36)17-21(2)15-36/h1,5,8,13-14,16,23-24,43,46H,2,4,6-7,9-12,15,17-20H2/t24-,36-,37+/m0/s1. The van der Waals surface area contributed by atoms with Crippen LogP contribution in [0.5, 0.6) is 11.8 Å². The number of ether oxygens (including phenoxy) is 1. The number of phenols is 1. The highest BCUT2D eigenvalue weighted by atomic mass is 19.1. The molecular formula is C37H36F2N6O2. The van der Waals surface area contributed by atoms with Gasteiger partial charge >= 0.3 is 6.01 Å². The molecule has 0 amide bonds. The van der Waals surface area contributed by atoms with Crippen molar-refractivity contribution in [1.82, 2.24) is 25.2 Å². The maximum Gasteiger partial charge on any atom is 0.319 e. The Morgan fingerprint density at radius 2 is 2.04 bits per heavy atom. The van der Waals surface area contributed by atoms with Crippen LogP contribution in [0.1, 0.15) is 50.5 Å². The number of halogens is 2. The molecule has 47 heavy (non-hydrogen) atoms. The molecule has 2 aromatic carbocycles. The molecule has 5 aliphatic rings. The quantitative estimate of drug-likeness (QED) is 0.206. The van der Waals surface area contributed by atoms with Crippen molar-refractivity contribution in [2.45, 2.75) is 62.1 Å². The highest BCUT2D eigenvalue weighted by Gasteiger charge is 2.53. The Balaban J connectivity index is 1.20. The molecule has 0 radical (unpaired) electrons. The number of anilines is 1. The molecule has 2 bridgehead atoms. The third-order valence-electron chi connectivity index (χ3n) is 11.3. The first kappa shape index (κ1) is 28.9. The zero-order valence-electron chi connectivity index (χ0n) is 26.2. The van der Waals surface area contributed by atoms with Crippen molar-refractivity contribution in [1.29, 1.82) is 0 Å². The van der Waals surface area contributed by atoms with Crippen LogP contribution in [0.4, 0.5) is 14.6 Å². The number of nitrogens with zero attached hydrogens (tertiary/aromatic N) is 5. The lowest BCUT2D eigenvalue weighted by Gasteiger charge is -2.42. The zero-order chi connectivity index (χ0) is 32.1. The van der Waals surface area contributed by atoms with Crippen molar-refractivity contribution in [2.75, 3.05) is 37.7 Å². The predicted octanol–water partition coefficient (Wildman–Crippen LogP) is 5.70. The van der Waals surface area contributed by atoms with E-state index in [0.29, 0.717) is 40.5 Å². The summed E-state index contributed by atoms with van der Waals surface area (Å²) >= 11 is 0. The first-order valence-corrected chi connectivity index (χ1v) is 16.6. The van der Waals surface area contributed by atoms with E-state index in [9.17, 15) is 9.50 Å². The minimum atomic E-state index is -0.708. The van der Waals surface area contributed by atoms with Gasteiger partial charge in [0.25, 0.3) is 0 Å². The second-order valence-corrected chi connectivity index (χ2v) is 14.3. The van der Waals surface area contributed by atoms with E-state index in [1.165, 1.54) is 42.7 Å². The third-order valence-corrected chi connectivity index (χ3v) is 11.3. The maximum absolute atomic E-state index is 17.0. The molecule has 0 spiro atoms. The van der Waals surface area contributed by atoms with Crippen LogP contribution in [0.3, 0.4) is 0 Å². The molecule has 1 aliphatic carbocycles. The van der Waals surface area contributed by atoms with Crippen molar-refractivity contribution in [2.24, 2.45) is 5.92 Å². The minimum absolute atomic E-state index is 0.0219. The average Bonchev–Trinajstić information content (AvgIpc) is 3.70. The fourth-order valence-corrected chi connectivity index (χ4v) is 9.08. The van der Waals surface area contributed by atoms with Crippen molar-refractivity contribution >= 4 is 27.5 Å². The number of phenolic OH excluding ortho intramolecular Hbond substituents is 1. The lowest BCUT2D eigenvalue weighted by Crippen LogP contribution is -2.61. The van der Waals surface area contributed by atoms with Gasteiger partial charge in [0.15, 0.2) is 5.82 Å². The van der Waals surface area contributed by atoms with Crippen molar-refractivity contribution in [3.63, 3.8) is 0 Å². The molecule has 2 aromatic heterocycles. The lowest BCUT2D eigenvalue weighted by molar-refractivity contribution is 0.108. The average molecular weight is 635 g/mol. The van der Waals surface area contributed by atoms with Crippen LogP contribution >= 0.6 is 0 Å². The van der Waals surface area contributed by atoms with Gasteiger partial charge in [-0.2, -0.15) is 9.97 Å². The molecular weight excluding hydrogens is 598 g/mol. The Kier molecular flexibility index (Phi) is 6.34. The molecule has 10 heteroatoms. The van der Waals surface area contributed by atoms with E-state index in [1.807, 2.05) is 0 Å². The Morgan fingerprint density at radius 1 is 1.17 bits per heavy atom. The first-order valence-electron chi connectivity index (χ1n) is 16.6. The van der Waals surface area contributed by atoms with Gasteiger partial charge in [-0.1, -0.05) is 24.1 Å². The van der Waals surface area contributed by atoms with Crippen LogP contribution in [0.25, 0.3) is 32.9 Å². The number of aromatic nitrogens is 3. The molecule has 5 fully saturated rings. The van der Waals surface area contributed by atoms with Crippen LogP contribution in [-0.2, 0) is 0 Å². The Morgan fingerprint density at radius 3 is 2.87 bits per heavy atom. The lowest BCUT2D eigenvalue weighted by atomic mass is 9.90. The smallest absolute Gasteiger partial charge is 0.319 e. The van der Waals surface area contributed by atoms with Gasteiger partial charge in [0.2, 0.25) is 0 Å². The fourth-order valence-electron chi connectivity index (χ4n) is 9.08. The van der Waals surface area contributed by atoms with Gasteiger partial charge in [-0.15, -0.1) is 6.42 Å². The number of nitrogens with one attached hydrogen (secondary N) is 1. The molecule has 3 atom stereocenters. The molecule has 4 aliphatic heterocycles. The largest absolute Gasteiger partial charge is 0.508 e. The highest BCUT2D eigenvalue weighted by Crippen LogP contribution is 2.49. The summed E-state index contributed by atoms with van der Waals surface area (Å²) in [5.41, 5.74) is 1.21. The normalized spacial score (nSPS) is 27.1. The van der Waals surface area contributed by atoms with E-state index >= 15 is 4.39 Å². The van der Waals surface area contributed by atoms with Gasteiger partial charge in [-0.3, -0.25) is 9.88 Å². The van der Waals surface area contributed by atoms with Crippen LogP contribution in [0.2, 0.25) is 0 Å². The topological polar surface area (TPSA) is 86.6 Å². The second kappa shape index (κ2) is 10.3. The summed E-state index contributed by atoms with van der Waals surface area (Å²) in [6.07, 6.45) is 14.9. The van der Waals surface area contributed by atoms with Gasteiger partial charge in [0.1, 0.15) is 35.2 Å². The second-order valence-electron chi connectivity index (χ2n) is 14.3. The van der Waals surface area contributed by atoms with Gasteiger partial charge in [-0.05, 0) is 81.0 Å². The monoisotopic (exact) mass is 634 g/mol. The van der Waals surface area contributed by atoms with Gasteiger partial charge in [0, 0.05) is 48.4 Å². The van der Waals surface area contributed by atoms with E-state index in [1.54, 1.807) is 6.20 Å². The summed E-state index contributed by atoms with van der Waals surface area (Å²) in [6.45, 7) is 7.99. The number of aromatic hydroxyl groups is 1. The summed E-state index contributed by atoms with van der Waals surface area (Å²) in [4.78, 5) is 18.9. The summed E-state index contributed by atoms with van der Waals surface area (Å²) < 4.78 is 38.3. The highest BCUT2D eigenvalue weighted by molar-refractivity contribution is 6.03.